The fourth-order valence-electron chi connectivity index (χ4n) is 2.43. The fraction of sp³-hybridized carbons (Fsp3) is 0.429. The molecule has 1 aromatic carbocycles. The second kappa shape index (κ2) is 5.82. The number of hydrogen-bond acceptors (Lipinski definition) is 2. The van der Waals surface area contributed by atoms with Gasteiger partial charge in [0.25, 0.3) is 5.91 Å². The molecule has 1 amide bonds. The van der Waals surface area contributed by atoms with Crippen molar-refractivity contribution in [2.45, 2.75) is 32.2 Å². The molecule has 1 atom stereocenters. The van der Waals surface area contributed by atoms with Gasteiger partial charge in [0.2, 0.25) is 0 Å². The summed E-state index contributed by atoms with van der Waals surface area (Å²) in [6.45, 7) is 2.36. The smallest absolute Gasteiger partial charge is 0.254 e. The van der Waals surface area contributed by atoms with Crippen LogP contribution < -0.4 is 0 Å². The zero-order chi connectivity index (χ0) is 13.1. The van der Waals surface area contributed by atoms with Gasteiger partial charge in [-0.1, -0.05) is 6.07 Å². The van der Waals surface area contributed by atoms with Crippen molar-refractivity contribution in [3.8, 4) is 0 Å². The average molecular weight is 357 g/mol. The molecule has 1 aromatic rings. The molecule has 3 nitrogen and oxygen atoms in total. The molecule has 0 aliphatic carbocycles. The molecular weight excluding hydrogens is 341 g/mol. The average Bonchev–Trinajstić information content (AvgIpc) is 2.75. The van der Waals surface area contributed by atoms with Crippen LogP contribution in [0.4, 0.5) is 0 Å². The predicted octanol–water partition coefficient (Wildman–Crippen LogP) is 2.87. The molecule has 0 N–H and O–H groups in total. The Balaban J connectivity index is 2.15. The Labute approximate surface area is 121 Å². The monoisotopic (exact) mass is 357 g/mol. The van der Waals surface area contributed by atoms with Crippen molar-refractivity contribution in [3.63, 3.8) is 0 Å². The molecule has 1 aliphatic rings. The van der Waals surface area contributed by atoms with Crippen molar-refractivity contribution < 1.29 is 9.59 Å². The molecule has 96 valence electrons. The molecule has 2 rings (SSSR count). The topological polar surface area (TPSA) is 37.4 Å². The lowest BCUT2D eigenvalue weighted by Gasteiger charge is -2.24. The van der Waals surface area contributed by atoms with E-state index in [1.165, 1.54) is 0 Å². The van der Waals surface area contributed by atoms with Crippen LogP contribution in [0, 0.1) is 3.57 Å². The standard InChI is InChI=1S/C14H16INO2/c1-10(17)8-13-6-3-7-16(13)14(18)11-4-2-5-12(15)9-11/h2,4-5,9,13H,3,6-8H2,1H3. The summed E-state index contributed by atoms with van der Waals surface area (Å²) in [5, 5.41) is 0. The summed E-state index contributed by atoms with van der Waals surface area (Å²) in [6, 6.07) is 7.69. The predicted molar refractivity (Wildman–Crippen MR) is 78.5 cm³/mol. The lowest BCUT2D eigenvalue weighted by atomic mass is 10.1. The van der Waals surface area contributed by atoms with Crippen molar-refractivity contribution in [3.05, 3.63) is 33.4 Å². The quantitative estimate of drug-likeness (QED) is 0.781. The van der Waals surface area contributed by atoms with Crippen LogP contribution in [0.5, 0.6) is 0 Å². The zero-order valence-corrected chi connectivity index (χ0v) is 12.5. The molecule has 1 fully saturated rings. The summed E-state index contributed by atoms with van der Waals surface area (Å²) in [5.74, 6) is 0.208. The number of likely N-dealkylation sites (tertiary alicyclic amines) is 1. The van der Waals surface area contributed by atoms with E-state index in [-0.39, 0.29) is 17.7 Å². The number of benzene rings is 1. The first-order chi connectivity index (χ1) is 8.58. The van der Waals surface area contributed by atoms with Crippen LogP contribution in [0.25, 0.3) is 0 Å². The van der Waals surface area contributed by atoms with Crippen LogP contribution in [-0.4, -0.2) is 29.2 Å². The van der Waals surface area contributed by atoms with Gasteiger partial charge >= 0.3 is 0 Å². The van der Waals surface area contributed by atoms with E-state index in [2.05, 4.69) is 22.6 Å². The Kier molecular flexibility index (Phi) is 4.37. The summed E-state index contributed by atoms with van der Waals surface area (Å²) in [6.07, 6.45) is 2.42. The third-order valence-corrected chi connectivity index (χ3v) is 3.90. The van der Waals surface area contributed by atoms with Crippen molar-refractivity contribution in [2.24, 2.45) is 0 Å². The first-order valence-corrected chi connectivity index (χ1v) is 7.22. The first kappa shape index (κ1) is 13.5. The Hall–Kier alpha value is -0.910. The number of carbonyl (C=O) groups is 2. The Morgan fingerprint density at radius 3 is 2.89 bits per heavy atom. The molecule has 1 aliphatic heterocycles. The molecule has 0 aromatic heterocycles. The number of carbonyl (C=O) groups excluding carboxylic acids is 2. The summed E-state index contributed by atoms with van der Waals surface area (Å²) >= 11 is 2.20. The highest BCUT2D eigenvalue weighted by molar-refractivity contribution is 14.1. The molecule has 0 spiro atoms. The molecule has 1 saturated heterocycles. The summed E-state index contributed by atoms with van der Waals surface area (Å²) in [7, 11) is 0. The second-order valence-corrected chi connectivity index (χ2v) is 5.96. The van der Waals surface area contributed by atoms with Crippen molar-refractivity contribution in [1.29, 1.82) is 0 Å². The van der Waals surface area contributed by atoms with Crippen LogP contribution >= 0.6 is 22.6 Å². The zero-order valence-electron chi connectivity index (χ0n) is 10.4. The highest BCUT2D eigenvalue weighted by Crippen LogP contribution is 2.23. The first-order valence-electron chi connectivity index (χ1n) is 6.14. The largest absolute Gasteiger partial charge is 0.335 e. The van der Waals surface area contributed by atoms with Crippen LogP contribution in [-0.2, 0) is 4.79 Å². The number of halogens is 1. The molecular formula is C14H16INO2. The third-order valence-electron chi connectivity index (χ3n) is 3.23. The minimum Gasteiger partial charge on any atom is -0.335 e. The second-order valence-electron chi connectivity index (χ2n) is 4.71. The third kappa shape index (κ3) is 3.10. The molecule has 4 heteroatoms. The molecule has 1 unspecified atom stereocenters. The number of ketones is 1. The maximum absolute atomic E-state index is 12.4. The number of rotatable bonds is 3. The summed E-state index contributed by atoms with van der Waals surface area (Å²) < 4.78 is 1.06. The number of Topliss-reactive ketones (excluding diaryl/α,β-unsaturated/α-hetero) is 1. The van der Waals surface area contributed by atoms with Gasteiger partial charge in [0.15, 0.2) is 0 Å². The van der Waals surface area contributed by atoms with Gasteiger partial charge in [0.1, 0.15) is 5.78 Å². The number of nitrogens with zero attached hydrogens (tertiary/aromatic N) is 1. The van der Waals surface area contributed by atoms with E-state index < -0.39 is 0 Å². The molecule has 0 bridgehead atoms. The van der Waals surface area contributed by atoms with Gasteiger partial charge in [0, 0.05) is 28.1 Å². The molecule has 0 saturated carbocycles. The van der Waals surface area contributed by atoms with E-state index >= 15 is 0 Å². The van der Waals surface area contributed by atoms with Crippen molar-refractivity contribution >= 4 is 34.3 Å². The van der Waals surface area contributed by atoms with Gasteiger partial charge in [-0.25, -0.2) is 0 Å². The van der Waals surface area contributed by atoms with Crippen LogP contribution in [0.15, 0.2) is 24.3 Å². The van der Waals surface area contributed by atoms with E-state index in [4.69, 9.17) is 0 Å². The number of amides is 1. The maximum Gasteiger partial charge on any atom is 0.254 e. The number of hydrogen-bond donors (Lipinski definition) is 0. The molecule has 0 radical (unpaired) electrons. The van der Waals surface area contributed by atoms with E-state index in [0.29, 0.717) is 6.42 Å². The van der Waals surface area contributed by atoms with Crippen LogP contribution in [0.1, 0.15) is 36.5 Å². The van der Waals surface area contributed by atoms with E-state index in [1.807, 2.05) is 29.2 Å². The summed E-state index contributed by atoms with van der Waals surface area (Å²) in [4.78, 5) is 25.5. The van der Waals surface area contributed by atoms with Crippen LogP contribution in [0.2, 0.25) is 0 Å². The lowest BCUT2D eigenvalue weighted by Crippen LogP contribution is -2.36. The normalized spacial score (nSPS) is 19.0. The van der Waals surface area contributed by atoms with Gasteiger partial charge in [0.05, 0.1) is 0 Å². The van der Waals surface area contributed by atoms with E-state index in [9.17, 15) is 9.59 Å². The SMILES string of the molecule is CC(=O)CC1CCCN1C(=O)c1cccc(I)c1. The maximum atomic E-state index is 12.4. The summed E-state index contributed by atoms with van der Waals surface area (Å²) in [5.41, 5.74) is 0.720. The Morgan fingerprint density at radius 1 is 1.44 bits per heavy atom. The molecule has 1 heterocycles. The van der Waals surface area contributed by atoms with Gasteiger partial charge in [-0.05, 0) is 60.6 Å². The van der Waals surface area contributed by atoms with Gasteiger partial charge < -0.3 is 4.90 Å². The highest BCUT2D eigenvalue weighted by Gasteiger charge is 2.30. The Bertz CT molecular complexity index is 473. The van der Waals surface area contributed by atoms with Gasteiger partial charge in [-0.3, -0.25) is 9.59 Å². The minimum absolute atomic E-state index is 0.0530. The lowest BCUT2D eigenvalue weighted by molar-refractivity contribution is -0.117. The van der Waals surface area contributed by atoms with E-state index in [1.54, 1.807) is 6.92 Å². The van der Waals surface area contributed by atoms with Gasteiger partial charge in [-0.2, -0.15) is 0 Å². The van der Waals surface area contributed by atoms with E-state index in [0.717, 1.165) is 28.5 Å². The Morgan fingerprint density at radius 2 is 2.22 bits per heavy atom. The minimum atomic E-state index is 0.0530. The van der Waals surface area contributed by atoms with Crippen molar-refractivity contribution in [1.82, 2.24) is 4.90 Å². The van der Waals surface area contributed by atoms with Crippen LogP contribution in [0.3, 0.4) is 0 Å². The van der Waals surface area contributed by atoms with Gasteiger partial charge in [-0.15, -0.1) is 0 Å². The van der Waals surface area contributed by atoms with Crippen molar-refractivity contribution in [2.75, 3.05) is 6.54 Å². The molecule has 18 heavy (non-hydrogen) atoms. The highest BCUT2D eigenvalue weighted by atomic mass is 127. The fourth-order valence-corrected chi connectivity index (χ4v) is 2.98.